The molecule has 1 aliphatic rings. The van der Waals surface area contributed by atoms with Crippen molar-refractivity contribution in [3.05, 3.63) is 0 Å². The van der Waals surface area contributed by atoms with Gasteiger partial charge in [-0.1, -0.05) is 6.92 Å². The lowest BCUT2D eigenvalue weighted by Crippen LogP contribution is -2.46. The van der Waals surface area contributed by atoms with E-state index in [0.29, 0.717) is 6.54 Å². The first-order valence-corrected chi connectivity index (χ1v) is 7.43. The SMILES string of the molecule is CCCN(C1CCNCC1)S(=O)(=O)CC. The van der Waals surface area contributed by atoms with E-state index in [4.69, 9.17) is 0 Å². The zero-order chi connectivity index (χ0) is 11.3. The van der Waals surface area contributed by atoms with Crippen LogP contribution in [0.2, 0.25) is 0 Å². The Morgan fingerprint density at radius 3 is 2.33 bits per heavy atom. The zero-order valence-electron chi connectivity index (χ0n) is 9.70. The molecule has 4 nitrogen and oxygen atoms in total. The molecule has 0 aromatic heterocycles. The van der Waals surface area contributed by atoms with E-state index in [9.17, 15) is 8.42 Å². The highest BCUT2D eigenvalue weighted by Crippen LogP contribution is 2.16. The second-order valence-corrected chi connectivity index (χ2v) is 6.20. The maximum absolute atomic E-state index is 11.9. The molecule has 1 N–H and O–H groups in total. The highest BCUT2D eigenvalue weighted by Gasteiger charge is 2.28. The van der Waals surface area contributed by atoms with Crippen LogP contribution in [0.25, 0.3) is 0 Å². The van der Waals surface area contributed by atoms with Crippen LogP contribution in [0.3, 0.4) is 0 Å². The second-order valence-electron chi connectivity index (χ2n) is 3.99. The minimum absolute atomic E-state index is 0.219. The molecule has 0 atom stereocenters. The fraction of sp³-hybridized carbons (Fsp3) is 1.00. The van der Waals surface area contributed by atoms with E-state index in [-0.39, 0.29) is 11.8 Å². The minimum Gasteiger partial charge on any atom is -0.317 e. The molecule has 1 rings (SSSR count). The third-order valence-corrected chi connectivity index (χ3v) is 4.81. The van der Waals surface area contributed by atoms with Crippen molar-refractivity contribution < 1.29 is 8.42 Å². The highest BCUT2D eigenvalue weighted by atomic mass is 32.2. The van der Waals surface area contributed by atoms with Gasteiger partial charge < -0.3 is 5.32 Å². The number of hydrogen-bond acceptors (Lipinski definition) is 3. The van der Waals surface area contributed by atoms with Crippen LogP contribution in [-0.4, -0.2) is 44.2 Å². The molecule has 15 heavy (non-hydrogen) atoms. The zero-order valence-corrected chi connectivity index (χ0v) is 10.5. The molecule has 0 aromatic carbocycles. The maximum Gasteiger partial charge on any atom is 0.214 e. The van der Waals surface area contributed by atoms with Gasteiger partial charge in [0.25, 0.3) is 0 Å². The molecule has 90 valence electrons. The molecule has 1 saturated heterocycles. The van der Waals surface area contributed by atoms with Gasteiger partial charge in [-0.3, -0.25) is 0 Å². The first kappa shape index (κ1) is 12.9. The Hall–Kier alpha value is -0.130. The van der Waals surface area contributed by atoms with Crippen LogP contribution in [0.4, 0.5) is 0 Å². The van der Waals surface area contributed by atoms with E-state index in [0.717, 1.165) is 32.4 Å². The van der Waals surface area contributed by atoms with Crippen molar-refractivity contribution in [1.82, 2.24) is 9.62 Å². The standard InChI is InChI=1S/C10H22N2O2S/c1-3-9-12(15(13,14)4-2)10-5-7-11-8-6-10/h10-11H,3-9H2,1-2H3. The molecule has 1 heterocycles. The van der Waals surface area contributed by atoms with Gasteiger partial charge in [-0.05, 0) is 39.3 Å². The smallest absolute Gasteiger partial charge is 0.214 e. The van der Waals surface area contributed by atoms with E-state index in [1.807, 2.05) is 6.92 Å². The Labute approximate surface area is 93.1 Å². The maximum atomic E-state index is 11.9. The van der Waals surface area contributed by atoms with Gasteiger partial charge in [-0.15, -0.1) is 0 Å². The summed E-state index contributed by atoms with van der Waals surface area (Å²) in [6.07, 6.45) is 2.78. The molecule has 0 amide bonds. The number of rotatable bonds is 5. The number of nitrogens with one attached hydrogen (secondary N) is 1. The number of nitrogens with zero attached hydrogens (tertiary/aromatic N) is 1. The van der Waals surface area contributed by atoms with Crippen molar-refractivity contribution in [2.45, 2.75) is 39.2 Å². The van der Waals surface area contributed by atoms with E-state index in [1.54, 1.807) is 11.2 Å². The van der Waals surface area contributed by atoms with Crippen molar-refractivity contribution >= 4 is 10.0 Å². The molecule has 1 fully saturated rings. The third-order valence-electron chi connectivity index (χ3n) is 2.88. The molecule has 0 radical (unpaired) electrons. The predicted molar refractivity (Wildman–Crippen MR) is 62.3 cm³/mol. The Balaban J connectivity index is 2.72. The summed E-state index contributed by atoms with van der Waals surface area (Å²) >= 11 is 0. The molecule has 1 aliphatic heterocycles. The normalized spacial score (nSPS) is 19.7. The van der Waals surface area contributed by atoms with Crippen molar-refractivity contribution in [1.29, 1.82) is 0 Å². The molecular formula is C10H22N2O2S. The van der Waals surface area contributed by atoms with Crippen LogP contribution in [0.5, 0.6) is 0 Å². The Kier molecular flexibility index (Phi) is 5.02. The average Bonchev–Trinajstić information content (AvgIpc) is 2.27. The summed E-state index contributed by atoms with van der Waals surface area (Å²) in [4.78, 5) is 0. The van der Waals surface area contributed by atoms with Crippen LogP contribution in [0.1, 0.15) is 33.1 Å². The first-order valence-electron chi connectivity index (χ1n) is 5.82. The Morgan fingerprint density at radius 2 is 1.87 bits per heavy atom. The van der Waals surface area contributed by atoms with E-state index < -0.39 is 10.0 Å². The predicted octanol–water partition coefficient (Wildman–Crippen LogP) is 0.800. The molecule has 5 heteroatoms. The lowest BCUT2D eigenvalue weighted by Gasteiger charge is -2.33. The summed E-state index contributed by atoms with van der Waals surface area (Å²) in [6.45, 7) is 6.29. The van der Waals surface area contributed by atoms with Crippen LogP contribution in [0, 0.1) is 0 Å². The van der Waals surface area contributed by atoms with E-state index in [1.165, 1.54) is 0 Å². The number of sulfonamides is 1. The molecule has 0 spiro atoms. The summed E-state index contributed by atoms with van der Waals surface area (Å²) in [6, 6.07) is 0.219. The lowest BCUT2D eigenvalue weighted by molar-refractivity contribution is 0.262. The van der Waals surface area contributed by atoms with Crippen LogP contribution >= 0.6 is 0 Å². The van der Waals surface area contributed by atoms with Crippen LogP contribution < -0.4 is 5.32 Å². The summed E-state index contributed by atoms with van der Waals surface area (Å²) in [7, 11) is -3.02. The fourth-order valence-electron chi connectivity index (χ4n) is 2.03. The minimum atomic E-state index is -3.02. The van der Waals surface area contributed by atoms with Gasteiger partial charge in [0.05, 0.1) is 5.75 Å². The quantitative estimate of drug-likeness (QED) is 0.765. The second kappa shape index (κ2) is 5.82. The van der Waals surface area contributed by atoms with Crippen molar-refractivity contribution in [3.63, 3.8) is 0 Å². The van der Waals surface area contributed by atoms with Gasteiger partial charge in [0, 0.05) is 12.6 Å². The highest BCUT2D eigenvalue weighted by molar-refractivity contribution is 7.89. The number of hydrogen-bond donors (Lipinski definition) is 1. The molecule has 0 aliphatic carbocycles. The third kappa shape index (κ3) is 3.43. The molecule has 0 aromatic rings. The fourth-order valence-corrected chi connectivity index (χ4v) is 3.49. The van der Waals surface area contributed by atoms with Crippen molar-refractivity contribution in [3.8, 4) is 0 Å². The monoisotopic (exact) mass is 234 g/mol. The van der Waals surface area contributed by atoms with Crippen LogP contribution in [0.15, 0.2) is 0 Å². The Bertz CT molecular complexity index is 271. The molecular weight excluding hydrogens is 212 g/mol. The lowest BCUT2D eigenvalue weighted by atomic mass is 10.1. The largest absolute Gasteiger partial charge is 0.317 e. The van der Waals surface area contributed by atoms with Crippen LogP contribution in [-0.2, 0) is 10.0 Å². The summed E-state index contributed by atoms with van der Waals surface area (Å²) in [5.41, 5.74) is 0. The summed E-state index contributed by atoms with van der Waals surface area (Å²) < 4.78 is 25.5. The van der Waals surface area contributed by atoms with Gasteiger partial charge >= 0.3 is 0 Å². The summed E-state index contributed by atoms with van der Waals surface area (Å²) in [5.74, 6) is 0.219. The van der Waals surface area contributed by atoms with Gasteiger partial charge in [-0.25, -0.2) is 8.42 Å². The van der Waals surface area contributed by atoms with E-state index in [2.05, 4.69) is 5.32 Å². The molecule has 0 unspecified atom stereocenters. The van der Waals surface area contributed by atoms with Gasteiger partial charge in [0.15, 0.2) is 0 Å². The Morgan fingerprint density at radius 1 is 1.27 bits per heavy atom. The van der Waals surface area contributed by atoms with Gasteiger partial charge in [0.1, 0.15) is 0 Å². The molecule has 0 saturated carbocycles. The first-order chi connectivity index (χ1) is 7.11. The van der Waals surface area contributed by atoms with E-state index >= 15 is 0 Å². The number of piperidine rings is 1. The average molecular weight is 234 g/mol. The topological polar surface area (TPSA) is 49.4 Å². The summed E-state index contributed by atoms with van der Waals surface area (Å²) in [5, 5.41) is 3.26. The van der Waals surface area contributed by atoms with Gasteiger partial charge in [0.2, 0.25) is 10.0 Å². The molecule has 0 bridgehead atoms. The van der Waals surface area contributed by atoms with Gasteiger partial charge in [-0.2, -0.15) is 4.31 Å². The van der Waals surface area contributed by atoms with Crippen molar-refractivity contribution in [2.75, 3.05) is 25.4 Å². The van der Waals surface area contributed by atoms with Crippen molar-refractivity contribution in [2.24, 2.45) is 0 Å².